The number of sulfonamides is 1. The molecule has 1 heterocycles. The number of nitrogens with one attached hydrogen (secondary N) is 1. The van der Waals surface area contributed by atoms with Gasteiger partial charge in [0.05, 0.1) is 4.90 Å². The van der Waals surface area contributed by atoms with Gasteiger partial charge in [0, 0.05) is 12.6 Å². The van der Waals surface area contributed by atoms with Crippen molar-refractivity contribution in [3.63, 3.8) is 0 Å². The van der Waals surface area contributed by atoms with Gasteiger partial charge in [0.2, 0.25) is 16.8 Å². The molecule has 6 nitrogen and oxygen atoms in total. The lowest BCUT2D eigenvalue weighted by Crippen LogP contribution is -2.28. The average molecular weight is 363 g/mol. The highest BCUT2D eigenvalue weighted by Crippen LogP contribution is 2.33. The first-order chi connectivity index (χ1) is 11.9. The molecule has 2 aromatic carbocycles. The third-order valence-electron chi connectivity index (χ3n) is 4.10. The summed E-state index contributed by atoms with van der Waals surface area (Å²) < 4.78 is 43.3. The van der Waals surface area contributed by atoms with Crippen molar-refractivity contribution >= 4 is 10.0 Å². The van der Waals surface area contributed by atoms with Gasteiger partial charge in [-0.15, -0.1) is 0 Å². The molecule has 0 aromatic heterocycles. The Hall–Kier alpha value is -2.25. The van der Waals surface area contributed by atoms with Gasteiger partial charge >= 0.3 is 0 Å². The van der Waals surface area contributed by atoms with Gasteiger partial charge in [-0.1, -0.05) is 6.07 Å². The summed E-state index contributed by atoms with van der Waals surface area (Å²) in [6.07, 6.45) is 0. The highest BCUT2D eigenvalue weighted by Gasteiger charge is 2.20. The van der Waals surface area contributed by atoms with Crippen LogP contribution in [0.5, 0.6) is 17.2 Å². The Morgan fingerprint density at radius 1 is 1.00 bits per heavy atom. The number of fused-ring (bicyclic) bond motifs is 1. The number of ether oxygens (including phenoxy) is 3. The fourth-order valence-corrected chi connectivity index (χ4v) is 3.58. The number of benzene rings is 2. The van der Waals surface area contributed by atoms with Crippen LogP contribution in [0.1, 0.15) is 16.7 Å². The molecule has 0 fully saturated rings. The second-order valence-corrected chi connectivity index (χ2v) is 7.73. The summed E-state index contributed by atoms with van der Waals surface area (Å²) in [5.74, 6) is 1.75. The molecule has 1 aliphatic rings. The van der Waals surface area contributed by atoms with Crippen molar-refractivity contribution in [2.75, 3.05) is 19.9 Å². The fourth-order valence-electron chi connectivity index (χ4n) is 2.55. The first-order valence-corrected chi connectivity index (χ1v) is 9.45. The van der Waals surface area contributed by atoms with Crippen LogP contribution >= 0.6 is 0 Å². The minimum Gasteiger partial charge on any atom is -0.492 e. The Bertz CT molecular complexity index is 893. The second-order valence-electron chi connectivity index (χ2n) is 5.96. The minimum absolute atomic E-state index is 0.107. The number of rotatable bonds is 6. The van der Waals surface area contributed by atoms with E-state index >= 15 is 0 Å². The van der Waals surface area contributed by atoms with Crippen LogP contribution < -0.4 is 18.9 Å². The molecule has 25 heavy (non-hydrogen) atoms. The van der Waals surface area contributed by atoms with E-state index in [-0.39, 0.29) is 24.8 Å². The Kier molecular flexibility index (Phi) is 4.87. The normalized spacial score (nSPS) is 13.1. The van der Waals surface area contributed by atoms with Crippen molar-refractivity contribution in [1.82, 2.24) is 4.72 Å². The first-order valence-electron chi connectivity index (χ1n) is 7.97. The molecule has 2 aromatic rings. The largest absolute Gasteiger partial charge is 0.492 e. The highest BCUT2D eigenvalue weighted by molar-refractivity contribution is 7.89. The van der Waals surface area contributed by atoms with E-state index in [1.807, 2.05) is 26.8 Å². The molecule has 0 radical (unpaired) electrons. The SMILES string of the molecule is Cc1cc(C)c(OCCNS(=O)(=O)c2ccc3c(c2)OCO3)cc1C. The molecule has 0 bridgehead atoms. The summed E-state index contributed by atoms with van der Waals surface area (Å²) in [5, 5.41) is 0. The Labute approximate surface area is 147 Å². The van der Waals surface area contributed by atoms with E-state index in [0.717, 1.165) is 16.9 Å². The van der Waals surface area contributed by atoms with Crippen LogP contribution in [0.4, 0.5) is 0 Å². The number of aryl methyl sites for hydroxylation is 3. The molecular weight excluding hydrogens is 342 g/mol. The van der Waals surface area contributed by atoms with Gasteiger partial charge in [-0.2, -0.15) is 0 Å². The van der Waals surface area contributed by atoms with E-state index in [9.17, 15) is 8.42 Å². The molecule has 1 N–H and O–H groups in total. The average Bonchev–Trinajstić information content (AvgIpc) is 3.03. The molecule has 0 saturated carbocycles. The zero-order chi connectivity index (χ0) is 18.0. The molecule has 0 spiro atoms. The van der Waals surface area contributed by atoms with Crippen molar-refractivity contribution in [1.29, 1.82) is 0 Å². The molecule has 0 atom stereocenters. The lowest BCUT2D eigenvalue weighted by molar-refractivity contribution is 0.174. The maximum absolute atomic E-state index is 12.3. The van der Waals surface area contributed by atoms with Crippen molar-refractivity contribution in [3.8, 4) is 17.2 Å². The molecule has 3 rings (SSSR count). The van der Waals surface area contributed by atoms with E-state index in [0.29, 0.717) is 11.5 Å². The first kappa shape index (κ1) is 17.6. The maximum Gasteiger partial charge on any atom is 0.240 e. The maximum atomic E-state index is 12.3. The summed E-state index contributed by atoms with van der Waals surface area (Å²) in [5.41, 5.74) is 3.37. The van der Waals surface area contributed by atoms with E-state index in [1.54, 1.807) is 6.07 Å². The molecule has 0 saturated heterocycles. The van der Waals surface area contributed by atoms with Crippen LogP contribution in [0.2, 0.25) is 0 Å². The molecule has 0 amide bonds. The van der Waals surface area contributed by atoms with Crippen LogP contribution in [-0.2, 0) is 10.0 Å². The Morgan fingerprint density at radius 3 is 2.52 bits per heavy atom. The Morgan fingerprint density at radius 2 is 1.72 bits per heavy atom. The monoisotopic (exact) mass is 363 g/mol. The molecule has 134 valence electrons. The van der Waals surface area contributed by atoms with Crippen LogP contribution in [0.25, 0.3) is 0 Å². The van der Waals surface area contributed by atoms with Crippen molar-refractivity contribution in [2.45, 2.75) is 25.7 Å². The third kappa shape index (κ3) is 3.88. The predicted molar refractivity (Wildman–Crippen MR) is 93.9 cm³/mol. The summed E-state index contributed by atoms with van der Waals surface area (Å²) in [6.45, 7) is 6.56. The van der Waals surface area contributed by atoms with Crippen LogP contribution in [0.15, 0.2) is 35.2 Å². The quantitative estimate of drug-likeness (QED) is 0.799. The molecular formula is C18H21NO5S. The number of hydrogen-bond acceptors (Lipinski definition) is 5. The molecule has 1 aliphatic heterocycles. The van der Waals surface area contributed by atoms with Gasteiger partial charge in [-0.25, -0.2) is 13.1 Å². The topological polar surface area (TPSA) is 73.9 Å². The zero-order valence-corrected chi connectivity index (χ0v) is 15.3. The van der Waals surface area contributed by atoms with Crippen molar-refractivity contribution < 1.29 is 22.6 Å². The smallest absolute Gasteiger partial charge is 0.240 e. The van der Waals surface area contributed by atoms with Gasteiger partial charge in [-0.3, -0.25) is 0 Å². The summed E-state index contributed by atoms with van der Waals surface area (Å²) in [7, 11) is -3.63. The predicted octanol–water partition coefficient (Wildman–Crippen LogP) is 2.70. The van der Waals surface area contributed by atoms with Gasteiger partial charge in [0.1, 0.15) is 12.4 Å². The van der Waals surface area contributed by atoms with E-state index in [2.05, 4.69) is 10.8 Å². The van der Waals surface area contributed by atoms with E-state index < -0.39 is 10.0 Å². The lowest BCUT2D eigenvalue weighted by atomic mass is 10.1. The van der Waals surface area contributed by atoms with Crippen LogP contribution in [0, 0.1) is 20.8 Å². The molecule has 0 aliphatic carbocycles. The van der Waals surface area contributed by atoms with Crippen molar-refractivity contribution in [2.24, 2.45) is 0 Å². The van der Waals surface area contributed by atoms with Gasteiger partial charge in [0.25, 0.3) is 0 Å². The summed E-state index contributed by atoms with van der Waals surface area (Å²) in [4.78, 5) is 0.138. The van der Waals surface area contributed by atoms with E-state index in [4.69, 9.17) is 14.2 Å². The second kappa shape index (κ2) is 6.93. The fraction of sp³-hybridized carbons (Fsp3) is 0.333. The summed E-state index contributed by atoms with van der Waals surface area (Å²) in [6, 6.07) is 8.56. The van der Waals surface area contributed by atoms with Crippen LogP contribution in [-0.4, -0.2) is 28.4 Å². The van der Waals surface area contributed by atoms with Gasteiger partial charge < -0.3 is 14.2 Å². The summed E-state index contributed by atoms with van der Waals surface area (Å²) >= 11 is 0. The third-order valence-corrected chi connectivity index (χ3v) is 5.56. The molecule has 0 unspecified atom stereocenters. The van der Waals surface area contributed by atoms with Gasteiger partial charge in [-0.05, 0) is 55.7 Å². The van der Waals surface area contributed by atoms with Crippen molar-refractivity contribution in [3.05, 3.63) is 47.0 Å². The number of hydrogen-bond donors (Lipinski definition) is 1. The standard InChI is InChI=1S/C18H21NO5S/c1-12-8-14(3)17(9-13(12)2)22-7-6-19-25(20,21)15-4-5-16-18(10-15)24-11-23-16/h4-5,8-10,19H,6-7,11H2,1-3H3. The lowest BCUT2D eigenvalue weighted by Gasteiger charge is -2.12. The van der Waals surface area contributed by atoms with Gasteiger partial charge in [0.15, 0.2) is 11.5 Å². The highest BCUT2D eigenvalue weighted by atomic mass is 32.2. The zero-order valence-electron chi connectivity index (χ0n) is 14.5. The minimum atomic E-state index is -3.63. The Balaban J connectivity index is 1.59. The molecule has 7 heteroatoms. The van der Waals surface area contributed by atoms with Crippen LogP contribution in [0.3, 0.4) is 0 Å². The van der Waals surface area contributed by atoms with E-state index in [1.165, 1.54) is 17.7 Å².